The summed E-state index contributed by atoms with van der Waals surface area (Å²) in [6.07, 6.45) is 2.39. The van der Waals surface area contributed by atoms with Crippen molar-refractivity contribution in [2.24, 2.45) is 0 Å². The van der Waals surface area contributed by atoms with Gasteiger partial charge in [0, 0.05) is 29.7 Å². The Morgan fingerprint density at radius 2 is 1.66 bits per heavy atom. The number of benzene rings is 3. The fraction of sp³-hybridized carbons (Fsp3) is 0.240. The van der Waals surface area contributed by atoms with Crippen molar-refractivity contribution in [1.29, 1.82) is 0 Å². The predicted octanol–water partition coefficient (Wildman–Crippen LogP) is 3.55. The number of methoxy groups -OCH3 is 1. The number of para-hydroxylation sites is 1. The molecule has 0 radical (unpaired) electrons. The number of carbonyl (C=O) groups is 1. The van der Waals surface area contributed by atoms with Crippen molar-refractivity contribution in [1.82, 2.24) is 0 Å². The molecule has 29 heavy (non-hydrogen) atoms. The van der Waals surface area contributed by atoms with E-state index in [1.165, 1.54) is 23.3 Å². The van der Waals surface area contributed by atoms with Gasteiger partial charge in [0.2, 0.25) is 0 Å². The summed E-state index contributed by atoms with van der Waals surface area (Å²) in [5.74, 6) is 0.917. The van der Waals surface area contributed by atoms with E-state index < -0.39 is 0 Å². The summed E-state index contributed by atoms with van der Waals surface area (Å²) >= 11 is 0. The van der Waals surface area contributed by atoms with E-state index in [2.05, 4.69) is 29.6 Å². The first-order valence-corrected chi connectivity index (χ1v) is 10.1. The van der Waals surface area contributed by atoms with E-state index in [0.717, 1.165) is 29.1 Å². The molecule has 4 nitrogen and oxygen atoms in total. The Morgan fingerprint density at radius 1 is 0.966 bits per heavy atom. The van der Waals surface area contributed by atoms with E-state index in [1.54, 1.807) is 7.11 Å². The van der Waals surface area contributed by atoms with Crippen LogP contribution < -0.4 is 15.0 Å². The van der Waals surface area contributed by atoms with Crippen LogP contribution in [0, 0.1) is 0 Å². The van der Waals surface area contributed by atoms with Crippen molar-refractivity contribution >= 4 is 11.6 Å². The summed E-state index contributed by atoms with van der Waals surface area (Å²) in [7, 11) is 1.67. The summed E-state index contributed by atoms with van der Waals surface area (Å²) in [6.45, 7) is 1.32. The van der Waals surface area contributed by atoms with Gasteiger partial charge in [-0.25, -0.2) is 0 Å². The summed E-state index contributed by atoms with van der Waals surface area (Å²) in [5.41, 5.74) is 4.24. The molecule has 4 heteroatoms. The van der Waals surface area contributed by atoms with Crippen molar-refractivity contribution in [3.63, 3.8) is 0 Å². The van der Waals surface area contributed by atoms with Crippen LogP contribution in [0.15, 0.2) is 78.9 Å². The van der Waals surface area contributed by atoms with Crippen LogP contribution >= 0.6 is 0 Å². The van der Waals surface area contributed by atoms with E-state index in [4.69, 9.17) is 4.74 Å². The molecule has 0 aromatic heterocycles. The van der Waals surface area contributed by atoms with E-state index in [0.29, 0.717) is 12.6 Å². The fourth-order valence-corrected chi connectivity index (χ4v) is 3.71. The van der Waals surface area contributed by atoms with Crippen LogP contribution in [-0.4, -0.2) is 25.6 Å². The maximum atomic E-state index is 12.9. The number of carbonyl (C=O) groups excluding carboxylic acids is 1. The summed E-state index contributed by atoms with van der Waals surface area (Å²) in [5, 5.41) is 3.15. The Kier molecular flexibility index (Phi) is 5.92. The highest BCUT2D eigenvalue weighted by Gasteiger charge is 2.34. The van der Waals surface area contributed by atoms with Crippen molar-refractivity contribution in [3.05, 3.63) is 84.4 Å². The zero-order chi connectivity index (χ0) is 20.1. The average Bonchev–Trinajstić information content (AvgIpc) is 3.60. The Hall–Kier alpha value is -3.11. The minimum atomic E-state index is 0.0591. The van der Waals surface area contributed by atoms with Gasteiger partial charge in [0.15, 0.2) is 6.54 Å². The van der Waals surface area contributed by atoms with E-state index >= 15 is 0 Å². The highest BCUT2D eigenvalue weighted by atomic mass is 16.5. The first-order chi connectivity index (χ1) is 14.2. The Balaban J connectivity index is 1.44. The third-order valence-corrected chi connectivity index (χ3v) is 5.42. The zero-order valence-electron chi connectivity index (χ0n) is 16.7. The molecule has 1 aliphatic carbocycles. The van der Waals surface area contributed by atoms with Crippen LogP contribution in [0.25, 0.3) is 11.1 Å². The van der Waals surface area contributed by atoms with Gasteiger partial charge in [-0.1, -0.05) is 48.5 Å². The van der Waals surface area contributed by atoms with Gasteiger partial charge in [-0.2, -0.15) is 0 Å². The number of quaternary nitrogens is 1. The predicted molar refractivity (Wildman–Crippen MR) is 116 cm³/mol. The van der Waals surface area contributed by atoms with Gasteiger partial charge in [-0.15, -0.1) is 0 Å². The lowest BCUT2D eigenvalue weighted by Crippen LogP contribution is -3.13. The van der Waals surface area contributed by atoms with Crippen LogP contribution in [-0.2, 0) is 11.3 Å². The monoisotopic (exact) mass is 387 g/mol. The maximum Gasteiger partial charge on any atom is 0.279 e. The van der Waals surface area contributed by atoms with Crippen molar-refractivity contribution < 1.29 is 14.4 Å². The van der Waals surface area contributed by atoms with Crippen LogP contribution in [0.2, 0.25) is 0 Å². The van der Waals surface area contributed by atoms with Gasteiger partial charge in [-0.3, -0.25) is 4.79 Å². The van der Waals surface area contributed by atoms with E-state index in [1.807, 2.05) is 54.6 Å². The number of hydrogen-bond acceptors (Lipinski definition) is 2. The molecule has 1 atom stereocenters. The van der Waals surface area contributed by atoms with Crippen molar-refractivity contribution in [3.8, 4) is 16.9 Å². The molecular formula is C25H27N2O2+. The number of ether oxygens (including phenoxy) is 1. The molecule has 2 N–H and O–H groups in total. The highest BCUT2D eigenvalue weighted by molar-refractivity contribution is 5.96. The smallest absolute Gasteiger partial charge is 0.279 e. The molecule has 148 valence electrons. The SMILES string of the molecule is COc1ccc(C[NH+](CC(=O)Nc2ccccc2-c2ccccc2)C2CC2)cc1. The van der Waals surface area contributed by atoms with Gasteiger partial charge < -0.3 is 15.0 Å². The second-order valence-electron chi connectivity index (χ2n) is 7.59. The molecule has 4 rings (SSSR count). The normalized spacial score (nSPS) is 14.2. The van der Waals surface area contributed by atoms with Crippen LogP contribution in [0.4, 0.5) is 5.69 Å². The van der Waals surface area contributed by atoms with E-state index in [-0.39, 0.29) is 5.91 Å². The molecule has 1 fully saturated rings. The zero-order valence-corrected chi connectivity index (χ0v) is 16.7. The van der Waals surface area contributed by atoms with Crippen LogP contribution in [0.3, 0.4) is 0 Å². The molecule has 3 aromatic carbocycles. The molecule has 3 aromatic rings. The van der Waals surface area contributed by atoms with Gasteiger partial charge >= 0.3 is 0 Å². The topological polar surface area (TPSA) is 42.8 Å². The lowest BCUT2D eigenvalue weighted by Gasteiger charge is -2.19. The van der Waals surface area contributed by atoms with Gasteiger partial charge in [-0.05, 0) is 35.9 Å². The average molecular weight is 388 g/mol. The summed E-state index contributed by atoms with van der Waals surface area (Å²) < 4.78 is 5.24. The molecular weight excluding hydrogens is 360 g/mol. The molecule has 0 saturated heterocycles. The Morgan fingerprint density at radius 3 is 2.34 bits per heavy atom. The summed E-state index contributed by atoms with van der Waals surface area (Å²) in [6, 6.07) is 26.9. The van der Waals surface area contributed by atoms with Crippen LogP contribution in [0.1, 0.15) is 18.4 Å². The molecule has 1 amide bonds. The Labute approximate surface area is 172 Å². The van der Waals surface area contributed by atoms with Gasteiger partial charge in [0.1, 0.15) is 12.3 Å². The molecule has 1 aliphatic rings. The number of nitrogens with one attached hydrogen (secondary N) is 2. The lowest BCUT2D eigenvalue weighted by atomic mass is 10.0. The highest BCUT2D eigenvalue weighted by Crippen LogP contribution is 2.27. The standard InChI is InChI=1S/C25H26N2O2/c1-29-22-15-11-19(12-16-22)17-27(21-13-14-21)18-25(28)26-24-10-6-5-9-23(24)20-7-3-2-4-8-20/h2-12,15-16,21H,13-14,17-18H2,1H3,(H,26,28)/p+1. The molecule has 0 heterocycles. The second kappa shape index (κ2) is 8.93. The van der Waals surface area contributed by atoms with E-state index in [9.17, 15) is 4.79 Å². The van der Waals surface area contributed by atoms with Crippen molar-refractivity contribution in [2.45, 2.75) is 25.4 Å². The number of anilines is 1. The lowest BCUT2D eigenvalue weighted by molar-refractivity contribution is -0.916. The quantitative estimate of drug-likeness (QED) is 0.621. The van der Waals surface area contributed by atoms with Gasteiger partial charge in [0.05, 0.1) is 13.2 Å². The van der Waals surface area contributed by atoms with Crippen molar-refractivity contribution in [2.75, 3.05) is 19.0 Å². The second-order valence-corrected chi connectivity index (χ2v) is 7.59. The molecule has 0 spiro atoms. The molecule has 1 saturated carbocycles. The molecule has 0 bridgehead atoms. The minimum Gasteiger partial charge on any atom is -0.497 e. The maximum absolute atomic E-state index is 12.9. The molecule has 1 unspecified atom stereocenters. The largest absolute Gasteiger partial charge is 0.497 e. The number of hydrogen-bond donors (Lipinski definition) is 2. The number of amides is 1. The third kappa shape index (κ3) is 5.04. The first kappa shape index (κ1) is 19.2. The summed E-state index contributed by atoms with van der Waals surface area (Å²) in [4.78, 5) is 14.2. The molecule has 0 aliphatic heterocycles. The minimum absolute atomic E-state index is 0.0591. The Bertz CT molecular complexity index is 950. The number of rotatable bonds is 8. The third-order valence-electron chi connectivity index (χ3n) is 5.42. The van der Waals surface area contributed by atoms with Gasteiger partial charge in [0.25, 0.3) is 5.91 Å². The van der Waals surface area contributed by atoms with Crippen LogP contribution in [0.5, 0.6) is 5.75 Å². The first-order valence-electron chi connectivity index (χ1n) is 10.1. The fourth-order valence-electron chi connectivity index (χ4n) is 3.71.